The highest BCUT2D eigenvalue weighted by molar-refractivity contribution is 5.65. The number of para-hydroxylation sites is 1. The van der Waals surface area contributed by atoms with E-state index in [1.165, 1.54) is 12.3 Å². The van der Waals surface area contributed by atoms with E-state index in [-0.39, 0.29) is 28.9 Å². The Kier molecular flexibility index (Phi) is 5.23. The minimum Gasteiger partial charge on any atom is -0.435 e. The highest BCUT2D eigenvalue weighted by atomic mass is 19.3. The van der Waals surface area contributed by atoms with Crippen molar-refractivity contribution >= 4 is 5.65 Å². The van der Waals surface area contributed by atoms with Gasteiger partial charge in [-0.2, -0.15) is 17.6 Å². The fourth-order valence-corrected chi connectivity index (χ4v) is 4.29. The van der Waals surface area contributed by atoms with Gasteiger partial charge in [0.05, 0.1) is 17.5 Å². The van der Waals surface area contributed by atoms with Crippen LogP contribution in [0.1, 0.15) is 48.1 Å². The number of benzene rings is 1. The number of hydrogen-bond acceptors (Lipinski definition) is 5. The van der Waals surface area contributed by atoms with Gasteiger partial charge >= 0.3 is 12.5 Å². The quantitative estimate of drug-likeness (QED) is 0.401. The van der Waals surface area contributed by atoms with Gasteiger partial charge in [-0.05, 0) is 12.5 Å². The van der Waals surface area contributed by atoms with Crippen LogP contribution in [0.5, 0.6) is 5.75 Å². The van der Waals surface area contributed by atoms with E-state index in [1.54, 1.807) is 22.6 Å². The summed E-state index contributed by atoms with van der Waals surface area (Å²) in [4.78, 5) is 11.6. The smallest absolute Gasteiger partial charge is 0.387 e. The van der Waals surface area contributed by atoms with Crippen molar-refractivity contribution in [2.45, 2.75) is 37.9 Å². The third-order valence-electron chi connectivity index (χ3n) is 5.75. The summed E-state index contributed by atoms with van der Waals surface area (Å²) >= 11 is 0. The first-order chi connectivity index (χ1) is 16.1. The molecule has 11 heteroatoms. The van der Waals surface area contributed by atoms with E-state index >= 15 is 0 Å². The SMILES string of the molecule is CC(F)(F)c1ncc(-c2cn3c4c(nc3cc2F)C(O)CC4c2ccccc2OC(F)F)cn1. The second-order valence-corrected chi connectivity index (χ2v) is 8.05. The highest BCUT2D eigenvalue weighted by Gasteiger charge is 2.37. The normalized spacial score (nSPS) is 18.0. The Labute approximate surface area is 189 Å². The number of ether oxygens (including phenoxy) is 1. The van der Waals surface area contributed by atoms with E-state index in [1.807, 2.05) is 0 Å². The zero-order valence-corrected chi connectivity index (χ0v) is 17.6. The number of aromatic nitrogens is 4. The van der Waals surface area contributed by atoms with Crippen LogP contribution in [0.15, 0.2) is 48.9 Å². The topological polar surface area (TPSA) is 72.5 Å². The molecule has 2 unspecified atom stereocenters. The lowest BCUT2D eigenvalue weighted by Gasteiger charge is -2.17. The van der Waals surface area contributed by atoms with Crippen molar-refractivity contribution in [3.8, 4) is 16.9 Å². The average Bonchev–Trinajstić information content (AvgIpc) is 3.29. The molecule has 1 aliphatic rings. The number of halogens is 5. The van der Waals surface area contributed by atoms with Crippen LogP contribution in [-0.2, 0) is 5.92 Å². The van der Waals surface area contributed by atoms with Crippen molar-refractivity contribution < 1.29 is 31.8 Å². The van der Waals surface area contributed by atoms with Crippen molar-refractivity contribution in [2.24, 2.45) is 0 Å². The predicted molar refractivity (Wildman–Crippen MR) is 110 cm³/mol. The van der Waals surface area contributed by atoms with Gasteiger partial charge in [0.2, 0.25) is 0 Å². The molecule has 1 aliphatic carbocycles. The molecule has 4 aromatic rings. The largest absolute Gasteiger partial charge is 0.435 e. The number of pyridine rings is 1. The number of aliphatic hydroxyl groups is 1. The molecule has 0 spiro atoms. The van der Waals surface area contributed by atoms with Crippen LogP contribution >= 0.6 is 0 Å². The summed E-state index contributed by atoms with van der Waals surface area (Å²) in [6.45, 7) is -2.38. The molecule has 0 saturated carbocycles. The summed E-state index contributed by atoms with van der Waals surface area (Å²) < 4.78 is 73.9. The van der Waals surface area contributed by atoms with Gasteiger partial charge in [-0.3, -0.25) is 0 Å². The molecule has 6 nitrogen and oxygen atoms in total. The summed E-state index contributed by atoms with van der Waals surface area (Å²) in [5.41, 5.74) is 1.59. The van der Waals surface area contributed by atoms with Crippen molar-refractivity contribution in [3.05, 3.63) is 77.5 Å². The molecule has 0 fully saturated rings. The number of rotatable bonds is 5. The number of hydrogen-bond donors (Lipinski definition) is 1. The van der Waals surface area contributed by atoms with Gasteiger partial charge < -0.3 is 14.2 Å². The van der Waals surface area contributed by atoms with Crippen LogP contribution in [0.3, 0.4) is 0 Å². The Morgan fingerprint density at radius 3 is 2.56 bits per heavy atom. The van der Waals surface area contributed by atoms with Gasteiger partial charge in [-0.25, -0.2) is 19.3 Å². The molecular weight excluding hydrogens is 459 g/mol. The molecule has 0 bridgehead atoms. The maximum absolute atomic E-state index is 14.9. The van der Waals surface area contributed by atoms with Crippen molar-refractivity contribution in [1.29, 1.82) is 0 Å². The second kappa shape index (κ2) is 8.01. The summed E-state index contributed by atoms with van der Waals surface area (Å²) in [6, 6.07) is 7.38. The van der Waals surface area contributed by atoms with Gasteiger partial charge in [-0.15, -0.1) is 0 Å². The zero-order valence-electron chi connectivity index (χ0n) is 17.6. The van der Waals surface area contributed by atoms with E-state index in [4.69, 9.17) is 0 Å². The van der Waals surface area contributed by atoms with Crippen LogP contribution in [0.25, 0.3) is 16.8 Å². The molecule has 1 N–H and O–H groups in total. The molecule has 5 rings (SSSR count). The molecule has 0 radical (unpaired) electrons. The first-order valence-corrected chi connectivity index (χ1v) is 10.3. The lowest BCUT2D eigenvalue weighted by atomic mass is 9.95. The number of aliphatic hydroxyl groups excluding tert-OH is 1. The van der Waals surface area contributed by atoms with Crippen LogP contribution in [-0.4, -0.2) is 31.1 Å². The van der Waals surface area contributed by atoms with Crippen molar-refractivity contribution in [1.82, 2.24) is 19.4 Å². The number of nitrogens with zero attached hydrogens (tertiary/aromatic N) is 4. The Morgan fingerprint density at radius 2 is 1.88 bits per heavy atom. The van der Waals surface area contributed by atoms with Gasteiger partial charge in [0.25, 0.3) is 0 Å². The first-order valence-electron chi connectivity index (χ1n) is 10.3. The Bertz CT molecular complexity index is 1370. The molecule has 0 saturated heterocycles. The lowest BCUT2D eigenvalue weighted by Crippen LogP contribution is -2.12. The molecule has 34 heavy (non-hydrogen) atoms. The van der Waals surface area contributed by atoms with E-state index in [0.717, 1.165) is 18.5 Å². The molecule has 0 aliphatic heterocycles. The molecular formula is C23H17F5N4O2. The van der Waals surface area contributed by atoms with E-state index < -0.39 is 36.2 Å². The molecule has 3 aromatic heterocycles. The van der Waals surface area contributed by atoms with Crippen LogP contribution in [0, 0.1) is 5.82 Å². The number of imidazole rings is 1. The molecule has 3 heterocycles. The number of fused-ring (bicyclic) bond motifs is 3. The lowest BCUT2D eigenvalue weighted by molar-refractivity contribution is -0.0506. The van der Waals surface area contributed by atoms with Gasteiger partial charge in [-0.1, -0.05) is 18.2 Å². The molecule has 1 aromatic carbocycles. The highest BCUT2D eigenvalue weighted by Crippen LogP contribution is 2.47. The summed E-state index contributed by atoms with van der Waals surface area (Å²) in [5, 5.41) is 10.6. The molecule has 0 amide bonds. The van der Waals surface area contributed by atoms with Crippen LogP contribution < -0.4 is 4.74 Å². The van der Waals surface area contributed by atoms with E-state index in [9.17, 15) is 27.1 Å². The minimum absolute atomic E-state index is 0.0240. The zero-order chi connectivity index (χ0) is 24.2. The summed E-state index contributed by atoms with van der Waals surface area (Å²) in [7, 11) is 0. The molecule has 176 valence electrons. The fourth-order valence-electron chi connectivity index (χ4n) is 4.29. The van der Waals surface area contributed by atoms with Gasteiger partial charge in [0.1, 0.15) is 17.2 Å². The van der Waals surface area contributed by atoms with E-state index in [0.29, 0.717) is 23.9 Å². The van der Waals surface area contributed by atoms with Crippen molar-refractivity contribution in [3.63, 3.8) is 0 Å². The maximum atomic E-state index is 14.9. The number of alkyl halides is 4. The van der Waals surface area contributed by atoms with Gasteiger partial charge in [0, 0.05) is 54.2 Å². The van der Waals surface area contributed by atoms with Crippen LogP contribution in [0.2, 0.25) is 0 Å². The fraction of sp³-hybridized carbons (Fsp3) is 0.261. The van der Waals surface area contributed by atoms with Crippen molar-refractivity contribution in [2.75, 3.05) is 0 Å². The third-order valence-corrected chi connectivity index (χ3v) is 5.75. The Hall–Kier alpha value is -3.60. The molecule has 2 atom stereocenters. The standard InChI is InChI=1S/C23H17F5N4O2/c1-23(27,28)21-29-8-11(9-30-21)14-10-32-18(7-15(14)24)31-19-16(33)6-13(20(19)32)12-4-2-3-5-17(12)34-22(25)26/h2-5,7-10,13,16,22,33H,6H2,1H3. The van der Waals surface area contributed by atoms with Gasteiger partial charge in [0.15, 0.2) is 5.82 Å². The van der Waals surface area contributed by atoms with E-state index in [2.05, 4.69) is 19.7 Å². The second-order valence-electron chi connectivity index (χ2n) is 8.05. The first kappa shape index (κ1) is 22.2. The minimum atomic E-state index is -3.25. The Morgan fingerprint density at radius 1 is 1.18 bits per heavy atom. The summed E-state index contributed by atoms with van der Waals surface area (Å²) in [6.07, 6.45) is 2.76. The summed E-state index contributed by atoms with van der Waals surface area (Å²) in [5.74, 6) is -5.23. The monoisotopic (exact) mass is 476 g/mol. The average molecular weight is 476 g/mol. The Balaban J connectivity index is 1.64. The van der Waals surface area contributed by atoms with Crippen LogP contribution in [0.4, 0.5) is 22.0 Å². The predicted octanol–water partition coefficient (Wildman–Crippen LogP) is 5.21. The third kappa shape index (κ3) is 3.75. The maximum Gasteiger partial charge on any atom is 0.387 e.